The van der Waals surface area contributed by atoms with Gasteiger partial charge in [0.1, 0.15) is 35.4 Å². The first-order valence-electron chi connectivity index (χ1n) is 44.9. The highest BCUT2D eigenvalue weighted by molar-refractivity contribution is 6.08. The number of nitrogens with one attached hydrogen (secondary N) is 5. The Labute approximate surface area is 786 Å². The Kier molecular flexibility index (Phi) is 23.2. The number of nitrogens with zero attached hydrogens (tertiary/aromatic N) is 26. The van der Waals surface area contributed by atoms with E-state index in [2.05, 4.69) is 123 Å². The normalized spacial score (nSPS) is 17.1. The van der Waals surface area contributed by atoms with Crippen LogP contribution in [-0.4, -0.2) is 210 Å². The molecule has 0 spiro atoms. The van der Waals surface area contributed by atoms with E-state index in [1.165, 1.54) is 11.0 Å². The molecule has 5 saturated heterocycles. The number of pyridine rings is 12. The second-order valence-corrected chi connectivity index (χ2v) is 34.4. The maximum Gasteiger partial charge on any atom is 0.433 e. The van der Waals surface area contributed by atoms with Crippen LogP contribution in [0.3, 0.4) is 0 Å². The van der Waals surface area contributed by atoms with Crippen LogP contribution in [0.15, 0.2) is 225 Å². The summed E-state index contributed by atoms with van der Waals surface area (Å²) in [7, 11) is 1.87. The first-order valence-corrected chi connectivity index (χ1v) is 44.9. The Morgan fingerprint density at radius 3 is 1.25 bits per heavy atom. The number of hydrogen-bond acceptors (Lipinski definition) is 27. The van der Waals surface area contributed by atoms with Crippen molar-refractivity contribution in [2.45, 2.75) is 83.7 Å². The van der Waals surface area contributed by atoms with Crippen LogP contribution in [0.2, 0.25) is 0 Å². The monoisotopic (exact) mass is 1860 g/mol. The van der Waals surface area contributed by atoms with E-state index in [1.807, 2.05) is 112 Å². The van der Waals surface area contributed by atoms with Crippen LogP contribution in [0.4, 0.5) is 112 Å². The van der Waals surface area contributed by atoms with Crippen LogP contribution in [-0.2, 0) is 18.0 Å². The zero-order valence-electron chi connectivity index (χ0n) is 75.1. The Balaban J connectivity index is 0.000000110. The molecule has 0 aromatic carbocycles. The molecule has 0 aliphatic carbocycles. The number of oxazole rings is 1. The minimum atomic E-state index is -4.58. The van der Waals surface area contributed by atoms with Gasteiger partial charge in [-0.3, -0.25) is 70.1 Å². The number of H-pyrrole nitrogens is 1. The molecule has 15 aromatic heterocycles. The van der Waals surface area contributed by atoms with E-state index < -0.39 is 24.0 Å². The molecular formula is C97H88F3N31O7. The van der Waals surface area contributed by atoms with E-state index in [1.54, 1.807) is 137 Å². The van der Waals surface area contributed by atoms with Crippen molar-refractivity contribution in [1.82, 2.24) is 90.0 Å². The van der Waals surface area contributed by atoms with Crippen molar-refractivity contribution in [2.75, 3.05) is 131 Å². The van der Waals surface area contributed by atoms with Crippen LogP contribution in [0, 0.1) is 27.7 Å². The number of anilines is 13. The molecule has 5 N–H and O–H groups in total. The van der Waals surface area contributed by atoms with Gasteiger partial charge in [0, 0.05) is 190 Å². The molecule has 24 rings (SSSR count). The molecule has 9 amide bonds. The summed E-state index contributed by atoms with van der Waals surface area (Å²) in [6.45, 7) is 14.8. The van der Waals surface area contributed by atoms with Gasteiger partial charge in [0.25, 0.3) is 0 Å². The second kappa shape index (κ2) is 36.6. The Hall–Kier alpha value is -17.3. The molecular weight excluding hydrogens is 1770 g/mol. The lowest BCUT2D eigenvalue weighted by molar-refractivity contribution is -0.141. The van der Waals surface area contributed by atoms with Gasteiger partial charge in [-0.2, -0.15) is 33.7 Å². The zero-order valence-corrected chi connectivity index (χ0v) is 75.1. The van der Waals surface area contributed by atoms with Crippen LogP contribution in [0.25, 0.3) is 78.7 Å². The summed E-state index contributed by atoms with van der Waals surface area (Å²) in [5, 5.41) is 26.5. The lowest BCUT2D eigenvalue weighted by Crippen LogP contribution is -2.48. The number of alkyl halides is 3. The summed E-state index contributed by atoms with van der Waals surface area (Å²) in [6.07, 6.45) is 20.0. The molecule has 38 nitrogen and oxygen atoms in total. The smallest absolute Gasteiger partial charge is 0.433 e. The van der Waals surface area contributed by atoms with E-state index in [0.29, 0.717) is 100 Å². The Morgan fingerprint density at radius 1 is 0.413 bits per heavy atom. The average Bonchev–Trinajstić information content (AvgIpc) is 1.59. The van der Waals surface area contributed by atoms with Crippen molar-refractivity contribution in [3.8, 4) is 78.7 Å². The van der Waals surface area contributed by atoms with E-state index in [-0.39, 0.29) is 47.8 Å². The van der Waals surface area contributed by atoms with Gasteiger partial charge in [-0.15, -0.1) is 0 Å². The van der Waals surface area contributed by atoms with Gasteiger partial charge < -0.3 is 34.1 Å². The number of ether oxygens (including phenoxy) is 1. The summed E-state index contributed by atoms with van der Waals surface area (Å²) in [6, 6.07) is 41.0. The van der Waals surface area contributed by atoms with E-state index >= 15 is 0 Å². The molecule has 5 fully saturated rings. The van der Waals surface area contributed by atoms with Crippen molar-refractivity contribution in [2.24, 2.45) is 7.05 Å². The minimum Gasteiger partial charge on any atom is -0.447 e. The van der Waals surface area contributed by atoms with Gasteiger partial charge in [0.15, 0.2) is 34.9 Å². The maximum absolute atomic E-state index is 13.6. The third kappa shape index (κ3) is 17.8. The number of urea groups is 4. The van der Waals surface area contributed by atoms with Crippen molar-refractivity contribution >= 4 is 105 Å². The standard InChI is InChI=1S/C25H20F3N7O2.C25H24N8O.C24H23N7O3.C23H21N9O/c1-14-31-12-20(37-14)16-5-8-30-22(11-16)33-24(36)35-17-6-9-34(13-17)19-3-2-18(32-23(19)35)15-4-7-29-21(10-15)25(26,27)28;1-16-9-17(5-7-27-16)22-3-4-23-24(30-22)33(21-6-8-32(23)15-21)25(34)29-20-10-18(11-26-13-20)19-12-28-31(2)14-19;1-15-12-16(4-7-25-15)19-2-3-20-22(27-19)31(18-6-9-29(20)14-18)23(32)28-21-13-17(5-8-26-21)30-10-11-34-24(30)33;1-14-10-15(4-7-24-14)18-2-3-20-22(27-18)32(17-6-9-31(20)13-17)23(33)28-21-11-16(5-8-25-21)19-12-26-30-29-19/h2-5,7-8,10-12,17H,6,9,13H2,1H3,(H,30,33,36);3-5,7,9-14,21H,6,8,15H2,1-2H3,(H,29,34);2-5,7-8,12-13,18H,6,9-11,14H2,1H3,(H,26,28,32);2-5,7-8,10-12,17H,6,9,13H2,1H3,(H,25,28,33)(H,26,29,30)/t17-;21-;18-;17-/m0000/s1. The third-order valence-electron chi connectivity index (χ3n) is 25.3. The van der Waals surface area contributed by atoms with Gasteiger partial charge in [-0.25, -0.2) is 63.8 Å². The van der Waals surface area contributed by atoms with Crippen LogP contribution < -0.4 is 65.4 Å². The van der Waals surface area contributed by atoms with Crippen molar-refractivity contribution < 1.29 is 46.3 Å². The molecule has 8 bridgehead atoms. The highest BCUT2D eigenvalue weighted by atomic mass is 19.4. The van der Waals surface area contributed by atoms with Crippen LogP contribution >= 0.6 is 0 Å². The number of amides is 9. The quantitative estimate of drug-likeness (QED) is 0.0758. The summed E-state index contributed by atoms with van der Waals surface area (Å²) >= 11 is 0. The number of fused-ring (bicyclic) bond motifs is 16. The molecule has 9 aliphatic rings. The molecule has 0 radical (unpaired) electrons. The summed E-state index contributed by atoms with van der Waals surface area (Å²) in [4.78, 5) is 140. The number of aromatic amines is 1. The number of cyclic esters (lactones) is 1. The Morgan fingerprint density at radius 2 is 0.833 bits per heavy atom. The zero-order chi connectivity index (χ0) is 94.6. The summed E-state index contributed by atoms with van der Waals surface area (Å²) in [5.74, 6) is 4.58. The maximum atomic E-state index is 13.6. The largest absolute Gasteiger partial charge is 0.447 e. The average molecular weight is 1860 g/mol. The number of aromatic nitrogens is 18. The molecule has 0 unspecified atom stereocenters. The van der Waals surface area contributed by atoms with Gasteiger partial charge >= 0.3 is 36.4 Å². The number of carbonyl (C=O) groups excluding carboxylic acids is 5. The number of hydrogen-bond donors (Lipinski definition) is 5. The topological polar surface area (TPSA) is 412 Å². The molecule has 694 valence electrons. The molecule has 15 aromatic rings. The molecule has 24 heterocycles. The van der Waals surface area contributed by atoms with E-state index in [9.17, 15) is 37.1 Å². The van der Waals surface area contributed by atoms with E-state index in [4.69, 9.17) is 24.1 Å². The fourth-order valence-electron chi connectivity index (χ4n) is 18.7. The summed E-state index contributed by atoms with van der Waals surface area (Å²) in [5.41, 5.74) is 16.6. The van der Waals surface area contributed by atoms with E-state index in [0.717, 1.165) is 174 Å². The van der Waals surface area contributed by atoms with Crippen LogP contribution in [0.1, 0.15) is 54.3 Å². The predicted octanol–water partition coefficient (Wildman–Crippen LogP) is 15.7. The van der Waals surface area contributed by atoms with Gasteiger partial charge in [-0.05, 0) is 180 Å². The lowest BCUT2D eigenvalue weighted by atomic mass is 10.1. The first-order chi connectivity index (χ1) is 67.0. The van der Waals surface area contributed by atoms with Crippen molar-refractivity contribution in [1.29, 1.82) is 0 Å². The van der Waals surface area contributed by atoms with Gasteiger partial charge in [-0.1, -0.05) is 0 Å². The molecule has 138 heavy (non-hydrogen) atoms. The van der Waals surface area contributed by atoms with Gasteiger partial charge in [0.05, 0.1) is 112 Å². The highest BCUT2D eigenvalue weighted by Crippen LogP contribution is 2.47. The number of halogens is 3. The summed E-state index contributed by atoms with van der Waals surface area (Å²) < 4.78 is 52.0. The van der Waals surface area contributed by atoms with Crippen molar-refractivity contribution in [3.63, 3.8) is 0 Å². The van der Waals surface area contributed by atoms with Crippen LogP contribution in [0.5, 0.6) is 0 Å². The number of rotatable bonds is 12. The molecule has 4 atom stereocenters. The lowest BCUT2D eigenvalue weighted by Gasteiger charge is -2.36. The SMILES string of the molecule is Cc1cc(-c2ccc3c(n2)N(C(=O)Nc2cc(-c4cn[nH]n4)ccn2)[C@H]2CCN3C2)ccn1.Cc1cc(-c2ccc3c(n2)N(C(=O)Nc2cc(N4CCOC4=O)ccn2)[C@H]2CCN3C2)ccn1.Cc1cc(-c2ccc3c(n2)N(C(=O)Nc2cncc(-c4cnn(C)c4)c2)[C@H]2CCN3C2)ccn1.Cc1ncc(-c2ccnc(NC(=O)N3c4nc(-c5ccnc(C(F)(F)F)c5)ccc4N4CC[C@H]3C4)c2)o1. The minimum absolute atomic E-state index is 0.0196. The second-order valence-electron chi connectivity index (χ2n) is 34.4. The third-order valence-corrected chi connectivity index (χ3v) is 25.3. The number of aryl methyl sites for hydroxylation is 5. The Bertz CT molecular complexity index is 7230. The fourth-order valence-corrected chi connectivity index (χ4v) is 18.7. The highest BCUT2D eigenvalue weighted by Gasteiger charge is 2.46. The molecule has 9 aliphatic heterocycles. The number of carbonyl (C=O) groups is 5. The van der Waals surface area contributed by atoms with Gasteiger partial charge in [0.2, 0.25) is 0 Å². The first kappa shape index (κ1) is 87.4. The molecule has 0 saturated carbocycles. The van der Waals surface area contributed by atoms with Crippen molar-refractivity contribution in [3.05, 3.63) is 249 Å². The molecule has 41 heteroatoms. The fraction of sp³-hybridized carbons (Fsp3) is 0.247. The predicted molar refractivity (Wildman–Crippen MR) is 511 cm³/mol.